The third-order valence-corrected chi connectivity index (χ3v) is 4.18. The first-order valence-corrected chi connectivity index (χ1v) is 7.28. The molecule has 86 valence electrons. The van der Waals surface area contributed by atoms with Gasteiger partial charge in [-0.25, -0.2) is 4.98 Å². The molecule has 2 heterocycles. The second kappa shape index (κ2) is 5.77. The molecule has 0 aromatic carbocycles. The Labute approximate surface area is 108 Å². The largest absolute Gasteiger partial charge is 0.310 e. The lowest BCUT2D eigenvalue weighted by Crippen LogP contribution is -2.13. The van der Waals surface area contributed by atoms with Crippen LogP contribution in [0.4, 0.5) is 0 Å². The number of thiazole rings is 1. The zero-order chi connectivity index (χ0) is 11.4. The van der Waals surface area contributed by atoms with Crippen molar-refractivity contribution in [2.75, 3.05) is 6.54 Å². The van der Waals surface area contributed by atoms with E-state index >= 15 is 0 Å². The van der Waals surface area contributed by atoms with Crippen molar-refractivity contribution in [1.29, 1.82) is 0 Å². The summed E-state index contributed by atoms with van der Waals surface area (Å²) in [6, 6.07) is 3.93. The van der Waals surface area contributed by atoms with Crippen LogP contribution in [0.5, 0.6) is 0 Å². The average Bonchev–Trinajstić information content (AvgIpc) is 2.87. The average molecular weight is 273 g/mol. The smallest absolute Gasteiger partial charge is 0.107 e. The number of aromatic nitrogens is 1. The van der Waals surface area contributed by atoms with Gasteiger partial charge in [0, 0.05) is 11.9 Å². The molecular formula is C11H13ClN2S2. The Morgan fingerprint density at radius 1 is 1.44 bits per heavy atom. The molecule has 1 N–H and O–H groups in total. The number of hydrogen-bond donors (Lipinski definition) is 1. The van der Waals surface area contributed by atoms with Crippen LogP contribution in [0.3, 0.4) is 0 Å². The first-order chi connectivity index (χ1) is 7.79. The molecule has 0 aliphatic rings. The molecule has 0 saturated heterocycles. The van der Waals surface area contributed by atoms with E-state index in [-0.39, 0.29) is 0 Å². The van der Waals surface area contributed by atoms with Gasteiger partial charge in [0.2, 0.25) is 0 Å². The van der Waals surface area contributed by atoms with Crippen LogP contribution in [0.25, 0.3) is 10.6 Å². The third kappa shape index (κ3) is 3.04. The monoisotopic (exact) mass is 272 g/mol. The first kappa shape index (κ1) is 12.0. The van der Waals surface area contributed by atoms with Crippen LogP contribution in [0.2, 0.25) is 4.34 Å². The van der Waals surface area contributed by atoms with Crippen molar-refractivity contribution < 1.29 is 0 Å². The Morgan fingerprint density at radius 3 is 3.00 bits per heavy atom. The number of rotatable bonds is 5. The lowest BCUT2D eigenvalue weighted by Gasteiger charge is -1.97. The standard InChI is InChI=1S/C11H13ClN2S2/c1-2-5-13-6-11-14-8(7-15-11)9-3-4-10(12)16-9/h3-4,7,13H,2,5-6H2,1H3. The maximum atomic E-state index is 5.90. The highest BCUT2D eigenvalue weighted by Crippen LogP contribution is 2.31. The van der Waals surface area contributed by atoms with Gasteiger partial charge in [-0.05, 0) is 25.1 Å². The summed E-state index contributed by atoms with van der Waals surface area (Å²) < 4.78 is 0.814. The van der Waals surface area contributed by atoms with Crippen LogP contribution in [0, 0.1) is 0 Å². The van der Waals surface area contributed by atoms with E-state index in [4.69, 9.17) is 11.6 Å². The predicted molar refractivity (Wildman–Crippen MR) is 72.4 cm³/mol. The van der Waals surface area contributed by atoms with Gasteiger partial charge in [-0.3, -0.25) is 0 Å². The minimum Gasteiger partial charge on any atom is -0.310 e. The Hall–Kier alpha value is -0.420. The molecule has 16 heavy (non-hydrogen) atoms. The van der Waals surface area contributed by atoms with Crippen molar-refractivity contribution in [2.45, 2.75) is 19.9 Å². The van der Waals surface area contributed by atoms with E-state index in [1.165, 1.54) is 0 Å². The topological polar surface area (TPSA) is 24.9 Å². The maximum Gasteiger partial charge on any atom is 0.107 e. The molecule has 0 amide bonds. The van der Waals surface area contributed by atoms with Crippen LogP contribution in [0.1, 0.15) is 18.4 Å². The molecule has 0 spiro atoms. The van der Waals surface area contributed by atoms with E-state index in [2.05, 4.69) is 22.6 Å². The van der Waals surface area contributed by atoms with Crippen molar-refractivity contribution in [3.63, 3.8) is 0 Å². The molecule has 0 aliphatic carbocycles. The van der Waals surface area contributed by atoms with Gasteiger partial charge in [-0.2, -0.15) is 0 Å². The Balaban J connectivity index is 2.02. The normalized spacial score (nSPS) is 10.9. The van der Waals surface area contributed by atoms with Crippen molar-refractivity contribution >= 4 is 34.3 Å². The first-order valence-electron chi connectivity index (χ1n) is 5.20. The summed E-state index contributed by atoms with van der Waals surface area (Å²) >= 11 is 9.17. The van der Waals surface area contributed by atoms with E-state index < -0.39 is 0 Å². The summed E-state index contributed by atoms with van der Waals surface area (Å²) in [4.78, 5) is 5.72. The van der Waals surface area contributed by atoms with Crippen molar-refractivity contribution in [3.05, 3.63) is 26.9 Å². The van der Waals surface area contributed by atoms with E-state index in [0.717, 1.165) is 39.4 Å². The van der Waals surface area contributed by atoms with Crippen molar-refractivity contribution in [2.24, 2.45) is 0 Å². The molecule has 0 unspecified atom stereocenters. The van der Waals surface area contributed by atoms with Crippen LogP contribution in [0.15, 0.2) is 17.5 Å². The molecule has 0 aliphatic heterocycles. The number of thiophene rings is 1. The zero-order valence-electron chi connectivity index (χ0n) is 9.00. The fourth-order valence-electron chi connectivity index (χ4n) is 1.33. The van der Waals surface area contributed by atoms with Crippen LogP contribution in [-0.2, 0) is 6.54 Å². The summed E-state index contributed by atoms with van der Waals surface area (Å²) in [6.45, 7) is 4.06. The highest BCUT2D eigenvalue weighted by Gasteiger charge is 2.06. The quantitative estimate of drug-likeness (QED) is 0.832. The summed E-state index contributed by atoms with van der Waals surface area (Å²) in [6.07, 6.45) is 1.15. The number of nitrogens with zero attached hydrogens (tertiary/aromatic N) is 1. The van der Waals surface area contributed by atoms with Gasteiger partial charge in [0.05, 0.1) is 14.9 Å². The molecule has 0 fully saturated rings. The van der Waals surface area contributed by atoms with E-state index in [0.29, 0.717) is 0 Å². The lowest BCUT2D eigenvalue weighted by atomic mass is 10.4. The van der Waals surface area contributed by atoms with Crippen molar-refractivity contribution in [3.8, 4) is 10.6 Å². The van der Waals surface area contributed by atoms with Crippen LogP contribution in [-0.4, -0.2) is 11.5 Å². The van der Waals surface area contributed by atoms with Gasteiger partial charge < -0.3 is 5.32 Å². The summed E-state index contributed by atoms with van der Waals surface area (Å²) in [7, 11) is 0. The minimum atomic E-state index is 0.814. The molecule has 0 atom stereocenters. The molecule has 0 saturated carbocycles. The van der Waals surface area contributed by atoms with Gasteiger partial charge in [-0.15, -0.1) is 22.7 Å². The third-order valence-electron chi connectivity index (χ3n) is 2.08. The van der Waals surface area contributed by atoms with E-state index in [9.17, 15) is 0 Å². The molecule has 2 aromatic rings. The van der Waals surface area contributed by atoms with Crippen LogP contribution >= 0.6 is 34.3 Å². The van der Waals surface area contributed by atoms with Crippen molar-refractivity contribution in [1.82, 2.24) is 10.3 Å². The Kier molecular flexibility index (Phi) is 4.35. The molecule has 0 radical (unpaired) electrons. The van der Waals surface area contributed by atoms with Gasteiger partial charge in [-0.1, -0.05) is 18.5 Å². The zero-order valence-corrected chi connectivity index (χ0v) is 11.4. The minimum absolute atomic E-state index is 0.814. The van der Waals surface area contributed by atoms with Gasteiger partial charge >= 0.3 is 0 Å². The molecule has 5 heteroatoms. The van der Waals surface area contributed by atoms with Crippen LogP contribution < -0.4 is 5.32 Å². The highest BCUT2D eigenvalue weighted by molar-refractivity contribution is 7.19. The SMILES string of the molecule is CCCNCc1nc(-c2ccc(Cl)s2)cs1. The lowest BCUT2D eigenvalue weighted by molar-refractivity contribution is 0.673. The highest BCUT2D eigenvalue weighted by atomic mass is 35.5. The summed E-state index contributed by atoms with van der Waals surface area (Å²) in [5.41, 5.74) is 1.04. The van der Waals surface area contributed by atoms with Gasteiger partial charge in [0.25, 0.3) is 0 Å². The van der Waals surface area contributed by atoms with E-state index in [1.54, 1.807) is 22.7 Å². The summed E-state index contributed by atoms with van der Waals surface area (Å²) in [5.74, 6) is 0. The number of hydrogen-bond acceptors (Lipinski definition) is 4. The van der Waals surface area contributed by atoms with Gasteiger partial charge in [0.1, 0.15) is 5.01 Å². The number of nitrogens with one attached hydrogen (secondary N) is 1. The molecule has 0 bridgehead atoms. The maximum absolute atomic E-state index is 5.90. The second-order valence-corrected chi connectivity index (χ2v) is 6.06. The molecule has 2 rings (SSSR count). The summed E-state index contributed by atoms with van der Waals surface area (Å²) in [5, 5.41) is 6.57. The Morgan fingerprint density at radius 2 is 2.31 bits per heavy atom. The van der Waals surface area contributed by atoms with E-state index in [1.807, 2.05) is 12.1 Å². The number of halogens is 1. The second-order valence-electron chi connectivity index (χ2n) is 3.41. The van der Waals surface area contributed by atoms with Gasteiger partial charge in [0.15, 0.2) is 0 Å². The fraction of sp³-hybridized carbons (Fsp3) is 0.364. The predicted octanol–water partition coefficient (Wildman–Crippen LogP) is 4.02. The Bertz CT molecular complexity index is 450. The molecule has 2 nitrogen and oxygen atoms in total. The molecular weight excluding hydrogens is 260 g/mol. The molecule has 2 aromatic heterocycles. The fourth-order valence-corrected chi connectivity index (χ4v) is 3.17.